The van der Waals surface area contributed by atoms with Gasteiger partial charge in [0.05, 0.1) is 0 Å². The molecule has 2 aromatic carbocycles. The van der Waals surface area contributed by atoms with E-state index in [1.54, 1.807) is 6.07 Å². The van der Waals surface area contributed by atoms with E-state index in [9.17, 15) is 4.39 Å². The summed E-state index contributed by atoms with van der Waals surface area (Å²) in [6.45, 7) is 2.43. The molecule has 0 saturated carbocycles. The Labute approximate surface area is 127 Å². The van der Waals surface area contributed by atoms with Crippen molar-refractivity contribution in [3.8, 4) is 5.75 Å². The second kappa shape index (κ2) is 6.86. The summed E-state index contributed by atoms with van der Waals surface area (Å²) in [7, 11) is 1.84. The lowest BCUT2D eigenvalue weighted by Crippen LogP contribution is -2.14. The monoisotopic (exact) mass is 337 g/mol. The van der Waals surface area contributed by atoms with Crippen LogP contribution < -0.4 is 10.1 Å². The van der Waals surface area contributed by atoms with Crippen LogP contribution in [-0.2, 0) is 6.61 Å². The maximum atomic E-state index is 13.4. The number of halogens is 2. The van der Waals surface area contributed by atoms with Gasteiger partial charge in [-0.15, -0.1) is 0 Å². The minimum absolute atomic E-state index is 0.0307. The zero-order valence-electron chi connectivity index (χ0n) is 11.5. The molecule has 106 valence electrons. The van der Waals surface area contributed by atoms with Gasteiger partial charge >= 0.3 is 0 Å². The van der Waals surface area contributed by atoms with Gasteiger partial charge in [-0.05, 0) is 49.9 Å². The Morgan fingerprint density at radius 3 is 2.75 bits per heavy atom. The van der Waals surface area contributed by atoms with Gasteiger partial charge in [-0.3, -0.25) is 0 Å². The molecule has 0 aliphatic heterocycles. The second-order valence-corrected chi connectivity index (χ2v) is 5.53. The zero-order chi connectivity index (χ0) is 14.5. The van der Waals surface area contributed by atoms with Crippen LogP contribution in [0.5, 0.6) is 5.75 Å². The molecule has 1 N–H and O–H groups in total. The summed E-state index contributed by atoms with van der Waals surface area (Å²) in [6, 6.07) is 12.6. The van der Waals surface area contributed by atoms with Crippen molar-refractivity contribution in [1.29, 1.82) is 0 Å². The molecule has 0 spiro atoms. The lowest BCUT2D eigenvalue weighted by Gasteiger charge is -2.16. The van der Waals surface area contributed by atoms with Crippen molar-refractivity contribution in [3.63, 3.8) is 0 Å². The molecule has 20 heavy (non-hydrogen) atoms. The lowest BCUT2D eigenvalue weighted by molar-refractivity contribution is 0.299. The van der Waals surface area contributed by atoms with Crippen LogP contribution in [0, 0.1) is 5.82 Å². The SMILES string of the molecule is CNC(C)c1cc(F)ccc1OCc1cccc(Br)c1. The third kappa shape index (κ3) is 3.81. The van der Waals surface area contributed by atoms with E-state index in [0.29, 0.717) is 12.4 Å². The average molecular weight is 338 g/mol. The minimum Gasteiger partial charge on any atom is -0.489 e. The van der Waals surface area contributed by atoms with Crippen LogP contribution in [-0.4, -0.2) is 7.05 Å². The largest absolute Gasteiger partial charge is 0.489 e. The molecule has 2 aromatic rings. The molecule has 2 rings (SSSR count). The van der Waals surface area contributed by atoms with Crippen LogP contribution in [0.3, 0.4) is 0 Å². The molecule has 0 radical (unpaired) electrons. The molecule has 0 heterocycles. The molecule has 0 aliphatic rings. The Morgan fingerprint density at radius 1 is 1.25 bits per heavy atom. The van der Waals surface area contributed by atoms with E-state index in [1.165, 1.54) is 12.1 Å². The van der Waals surface area contributed by atoms with E-state index in [1.807, 2.05) is 38.2 Å². The van der Waals surface area contributed by atoms with E-state index in [4.69, 9.17) is 4.74 Å². The van der Waals surface area contributed by atoms with Crippen molar-refractivity contribution >= 4 is 15.9 Å². The maximum absolute atomic E-state index is 13.4. The number of rotatable bonds is 5. The van der Waals surface area contributed by atoms with E-state index in [-0.39, 0.29) is 11.9 Å². The first kappa shape index (κ1) is 15.0. The fraction of sp³-hybridized carbons (Fsp3) is 0.250. The first-order valence-corrected chi connectivity index (χ1v) is 7.23. The minimum atomic E-state index is -0.253. The maximum Gasteiger partial charge on any atom is 0.124 e. The van der Waals surface area contributed by atoms with Crippen LogP contribution in [0.15, 0.2) is 46.9 Å². The van der Waals surface area contributed by atoms with Gasteiger partial charge in [0, 0.05) is 16.1 Å². The van der Waals surface area contributed by atoms with E-state index in [0.717, 1.165) is 15.6 Å². The van der Waals surface area contributed by atoms with Gasteiger partial charge < -0.3 is 10.1 Å². The van der Waals surface area contributed by atoms with Crippen LogP contribution in [0.1, 0.15) is 24.1 Å². The average Bonchev–Trinajstić information content (AvgIpc) is 2.45. The van der Waals surface area contributed by atoms with Crippen LogP contribution in [0.2, 0.25) is 0 Å². The van der Waals surface area contributed by atoms with E-state index >= 15 is 0 Å². The Hall–Kier alpha value is -1.39. The molecule has 4 heteroatoms. The van der Waals surface area contributed by atoms with Gasteiger partial charge in [0.15, 0.2) is 0 Å². The number of hydrogen-bond acceptors (Lipinski definition) is 2. The van der Waals surface area contributed by atoms with Crippen molar-refractivity contribution < 1.29 is 9.13 Å². The third-order valence-corrected chi connectivity index (χ3v) is 3.65. The van der Waals surface area contributed by atoms with Crippen molar-refractivity contribution in [1.82, 2.24) is 5.32 Å². The van der Waals surface area contributed by atoms with Gasteiger partial charge in [-0.1, -0.05) is 28.1 Å². The normalized spacial score (nSPS) is 12.2. The smallest absolute Gasteiger partial charge is 0.124 e. The molecule has 0 bridgehead atoms. The Balaban J connectivity index is 2.16. The highest BCUT2D eigenvalue weighted by Crippen LogP contribution is 2.27. The highest BCUT2D eigenvalue weighted by Gasteiger charge is 2.11. The zero-order valence-corrected chi connectivity index (χ0v) is 13.1. The molecule has 0 amide bonds. The molecular weight excluding hydrogens is 321 g/mol. The topological polar surface area (TPSA) is 21.3 Å². The predicted octanol–water partition coefficient (Wildman–Crippen LogP) is 4.45. The Morgan fingerprint density at radius 2 is 2.05 bits per heavy atom. The van der Waals surface area contributed by atoms with E-state index in [2.05, 4.69) is 21.2 Å². The number of hydrogen-bond donors (Lipinski definition) is 1. The lowest BCUT2D eigenvalue weighted by atomic mass is 10.1. The molecule has 0 aromatic heterocycles. The van der Waals surface area contributed by atoms with Crippen LogP contribution in [0.4, 0.5) is 4.39 Å². The molecule has 0 saturated heterocycles. The van der Waals surface area contributed by atoms with Gasteiger partial charge in [0.2, 0.25) is 0 Å². The van der Waals surface area contributed by atoms with Crippen molar-refractivity contribution in [3.05, 3.63) is 63.9 Å². The Kier molecular flexibility index (Phi) is 5.15. The molecule has 2 nitrogen and oxygen atoms in total. The standard InChI is InChI=1S/C16H17BrFNO/c1-11(19-2)15-9-14(18)6-7-16(15)20-10-12-4-3-5-13(17)8-12/h3-9,11,19H,10H2,1-2H3. The second-order valence-electron chi connectivity index (χ2n) is 4.61. The molecule has 1 atom stereocenters. The molecular formula is C16H17BrFNO. The fourth-order valence-electron chi connectivity index (χ4n) is 1.93. The molecule has 0 fully saturated rings. The Bertz CT molecular complexity index is 588. The van der Waals surface area contributed by atoms with Crippen molar-refractivity contribution in [2.45, 2.75) is 19.6 Å². The number of benzene rings is 2. The van der Waals surface area contributed by atoms with Gasteiger partial charge in [-0.2, -0.15) is 0 Å². The van der Waals surface area contributed by atoms with Gasteiger partial charge in [-0.25, -0.2) is 4.39 Å². The van der Waals surface area contributed by atoms with Crippen molar-refractivity contribution in [2.75, 3.05) is 7.05 Å². The van der Waals surface area contributed by atoms with Gasteiger partial charge in [0.1, 0.15) is 18.2 Å². The number of nitrogens with one attached hydrogen (secondary N) is 1. The number of ether oxygens (including phenoxy) is 1. The summed E-state index contributed by atoms with van der Waals surface area (Å²) in [5, 5.41) is 3.10. The summed E-state index contributed by atoms with van der Waals surface area (Å²) in [4.78, 5) is 0. The van der Waals surface area contributed by atoms with Crippen LogP contribution in [0.25, 0.3) is 0 Å². The van der Waals surface area contributed by atoms with E-state index < -0.39 is 0 Å². The summed E-state index contributed by atoms with van der Waals surface area (Å²) in [5.41, 5.74) is 1.88. The van der Waals surface area contributed by atoms with Crippen molar-refractivity contribution in [2.24, 2.45) is 0 Å². The molecule has 0 aliphatic carbocycles. The summed E-state index contributed by atoms with van der Waals surface area (Å²) >= 11 is 3.43. The van der Waals surface area contributed by atoms with Gasteiger partial charge in [0.25, 0.3) is 0 Å². The van der Waals surface area contributed by atoms with Crippen LogP contribution >= 0.6 is 15.9 Å². The summed E-state index contributed by atoms with van der Waals surface area (Å²) < 4.78 is 20.2. The predicted molar refractivity (Wildman–Crippen MR) is 82.3 cm³/mol. The summed E-state index contributed by atoms with van der Waals surface area (Å²) in [6.07, 6.45) is 0. The first-order valence-electron chi connectivity index (χ1n) is 6.44. The first-order chi connectivity index (χ1) is 9.60. The molecule has 1 unspecified atom stereocenters. The fourth-order valence-corrected chi connectivity index (χ4v) is 2.38. The highest BCUT2D eigenvalue weighted by atomic mass is 79.9. The third-order valence-electron chi connectivity index (χ3n) is 3.15. The highest BCUT2D eigenvalue weighted by molar-refractivity contribution is 9.10. The summed E-state index contributed by atoms with van der Waals surface area (Å²) in [5.74, 6) is 0.449. The quantitative estimate of drug-likeness (QED) is 0.870.